The molecule has 92 valence electrons. The molecule has 2 N–H and O–H groups in total. The summed E-state index contributed by atoms with van der Waals surface area (Å²) in [6, 6.07) is 15.5. The summed E-state index contributed by atoms with van der Waals surface area (Å²) in [7, 11) is 0. The molecule has 3 aromatic rings. The van der Waals surface area contributed by atoms with Crippen LogP contribution in [0.4, 0.5) is 5.13 Å². The Hall–Kier alpha value is -1.59. The summed E-state index contributed by atoms with van der Waals surface area (Å²) in [5.74, 6) is 1.59. The standard InChI is InChI=1S/C13H10N2OS.BrH/c14-13-15-11-8-10(6-7-12(11)17-13)16-9-4-2-1-3-5-9;/h1-8H,(H2,14,15);1H. The first kappa shape index (κ1) is 12.9. The molecule has 1 aromatic heterocycles. The van der Waals surface area contributed by atoms with Crippen molar-refractivity contribution in [1.82, 2.24) is 4.98 Å². The third kappa shape index (κ3) is 2.63. The molecule has 0 amide bonds. The number of rotatable bonds is 2. The molecule has 0 aliphatic rings. The number of nitrogens with zero attached hydrogens (tertiary/aromatic N) is 1. The molecule has 3 rings (SSSR count). The van der Waals surface area contributed by atoms with Crippen molar-refractivity contribution in [2.75, 3.05) is 5.73 Å². The molecule has 0 radical (unpaired) electrons. The van der Waals surface area contributed by atoms with Gasteiger partial charge in [-0.2, -0.15) is 0 Å². The van der Waals surface area contributed by atoms with Gasteiger partial charge in [0.1, 0.15) is 11.5 Å². The van der Waals surface area contributed by atoms with Gasteiger partial charge in [0.25, 0.3) is 0 Å². The number of benzene rings is 2. The molecule has 0 saturated carbocycles. The van der Waals surface area contributed by atoms with Gasteiger partial charge in [-0.3, -0.25) is 0 Å². The van der Waals surface area contributed by atoms with E-state index in [9.17, 15) is 0 Å². The van der Waals surface area contributed by atoms with Gasteiger partial charge in [0.15, 0.2) is 5.13 Å². The van der Waals surface area contributed by atoms with Crippen LogP contribution >= 0.6 is 28.3 Å². The highest BCUT2D eigenvalue weighted by atomic mass is 79.9. The Labute approximate surface area is 119 Å². The zero-order valence-corrected chi connectivity index (χ0v) is 11.9. The molecule has 0 unspecified atom stereocenters. The average Bonchev–Trinajstić information content (AvgIpc) is 2.70. The fourth-order valence-corrected chi connectivity index (χ4v) is 2.33. The Balaban J connectivity index is 0.00000120. The minimum atomic E-state index is 0. The molecule has 2 aromatic carbocycles. The number of para-hydroxylation sites is 1. The van der Waals surface area contributed by atoms with Crippen LogP contribution in [0.15, 0.2) is 48.5 Å². The van der Waals surface area contributed by atoms with Crippen LogP contribution in [0.1, 0.15) is 0 Å². The first-order chi connectivity index (χ1) is 8.31. The number of fused-ring (bicyclic) bond motifs is 1. The van der Waals surface area contributed by atoms with E-state index >= 15 is 0 Å². The highest BCUT2D eigenvalue weighted by Crippen LogP contribution is 2.29. The first-order valence-electron chi connectivity index (χ1n) is 5.20. The summed E-state index contributed by atoms with van der Waals surface area (Å²) < 4.78 is 6.79. The number of nitrogen functional groups attached to an aromatic ring is 1. The van der Waals surface area contributed by atoms with E-state index in [-0.39, 0.29) is 17.0 Å². The smallest absolute Gasteiger partial charge is 0.181 e. The monoisotopic (exact) mass is 322 g/mol. The molecule has 0 spiro atoms. The summed E-state index contributed by atoms with van der Waals surface area (Å²) in [5, 5.41) is 0.580. The van der Waals surface area contributed by atoms with E-state index in [1.807, 2.05) is 48.5 Å². The predicted octanol–water partition coefficient (Wildman–Crippen LogP) is 4.25. The lowest BCUT2D eigenvalue weighted by atomic mass is 10.3. The van der Waals surface area contributed by atoms with Crippen LogP contribution in [0.5, 0.6) is 11.5 Å². The van der Waals surface area contributed by atoms with Gasteiger partial charge in [0, 0.05) is 6.07 Å². The van der Waals surface area contributed by atoms with Crippen molar-refractivity contribution in [3.63, 3.8) is 0 Å². The number of aromatic nitrogens is 1. The van der Waals surface area contributed by atoms with Crippen LogP contribution < -0.4 is 10.5 Å². The lowest BCUT2D eigenvalue weighted by Crippen LogP contribution is -1.83. The van der Waals surface area contributed by atoms with Gasteiger partial charge >= 0.3 is 0 Å². The SMILES string of the molecule is Br.Nc1nc2cc(Oc3ccccc3)ccc2s1. The van der Waals surface area contributed by atoms with Crippen LogP contribution in [-0.2, 0) is 0 Å². The summed E-state index contributed by atoms with van der Waals surface area (Å²) in [6.45, 7) is 0. The van der Waals surface area contributed by atoms with Gasteiger partial charge in [-0.15, -0.1) is 17.0 Å². The molecule has 5 heteroatoms. The van der Waals surface area contributed by atoms with E-state index in [0.717, 1.165) is 21.7 Å². The van der Waals surface area contributed by atoms with Gasteiger partial charge in [-0.05, 0) is 24.3 Å². The van der Waals surface area contributed by atoms with Gasteiger partial charge < -0.3 is 10.5 Å². The van der Waals surface area contributed by atoms with Crippen molar-refractivity contribution < 1.29 is 4.74 Å². The van der Waals surface area contributed by atoms with Gasteiger partial charge in [-0.1, -0.05) is 29.5 Å². The topological polar surface area (TPSA) is 48.1 Å². The quantitative estimate of drug-likeness (QED) is 0.767. The zero-order valence-electron chi connectivity index (χ0n) is 9.37. The van der Waals surface area contributed by atoms with Gasteiger partial charge in [-0.25, -0.2) is 4.98 Å². The van der Waals surface area contributed by atoms with E-state index in [4.69, 9.17) is 10.5 Å². The molecule has 0 fully saturated rings. The largest absolute Gasteiger partial charge is 0.457 e. The van der Waals surface area contributed by atoms with Crippen LogP contribution in [0.25, 0.3) is 10.2 Å². The zero-order chi connectivity index (χ0) is 11.7. The molecule has 3 nitrogen and oxygen atoms in total. The normalized spacial score (nSPS) is 10.0. The number of halogens is 1. The first-order valence-corrected chi connectivity index (χ1v) is 6.02. The number of anilines is 1. The van der Waals surface area contributed by atoms with E-state index in [1.165, 1.54) is 11.3 Å². The molecular weight excluding hydrogens is 312 g/mol. The highest BCUT2D eigenvalue weighted by Gasteiger charge is 2.03. The van der Waals surface area contributed by atoms with E-state index in [0.29, 0.717) is 5.13 Å². The Morgan fingerprint density at radius 3 is 2.56 bits per heavy atom. The van der Waals surface area contributed by atoms with Crippen LogP contribution in [0, 0.1) is 0 Å². The van der Waals surface area contributed by atoms with Crippen molar-refractivity contribution in [2.45, 2.75) is 0 Å². The minimum Gasteiger partial charge on any atom is -0.457 e. The van der Waals surface area contributed by atoms with Gasteiger partial charge in [0.05, 0.1) is 10.2 Å². The maximum Gasteiger partial charge on any atom is 0.181 e. The maximum atomic E-state index is 5.72. The molecular formula is C13H11BrN2OS. The Morgan fingerprint density at radius 2 is 1.78 bits per heavy atom. The molecule has 1 heterocycles. The summed E-state index contributed by atoms with van der Waals surface area (Å²) in [6.07, 6.45) is 0. The van der Waals surface area contributed by atoms with E-state index < -0.39 is 0 Å². The lowest BCUT2D eigenvalue weighted by molar-refractivity contribution is 0.483. The van der Waals surface area contributed by atoms with Crippen LogP contribution in [0.3, 0.4) is 0 Å². The van der Waals surface area contributed by atoms with Crippen molar-refractivity contribution in [3.8, 4) is 11.5 Å². The van der Waals surface area contributed by atoms with E-state index in [2.05, 4.69) is 4.98 Å². The molecule has 0 atom stereocenters. The fourth-order valence-electron chi connectivity index (χ4n) is 1.61. The minimum absolute atomic E-state index is 0. The molecule has 0 aliphatic heterocycles. The molecule has 0 saturated heterocycles. The molecule has 0 bridgehead atoms. The van der Waals surface area contributed by atoms with Crippen molar-refractivity contribution in [1.29, 1.82) is 0 Å². The molecule has 18 heavy (non-hydrogen) atoms. The van der Waals surface area contributed by atoms with Crippen molar-refractivity contribution in [3.05, 3.63) is 48.5 Å². The number of hydrogen-bond acceptors (Lipinski definition) is 4. The highest BCUT2D eigenvalue weighted by molar-refractivity contribution is 8.93. The summed E-state index contributed by atoms with van der Waals surface area (Å²) in [5.41, 5.74) is 6.54. The third-order valence-corrected chi connectivity index (χ3v) is 3.22. The summed E-state index contributed by atoms with van der Waals surface area (Å²) >= 11 is 1.48. The van der Waals surface area contributed by atoms with Crippen LogP contribution in [0.2, 0.25) is 0 Å². The number of thiazole rings is 1. The lowest BCUT2D eigenvalue weighted by Gasteiger charge is -2.04. The summed E-state index contributed by atoms with van der Waals surface area (Å²) in [4.78, 5) is 4.23. The average molecular weight is 323 g/mol. The van der Waals surface area contributed by atoms with Crippen molar-refractivity contribution in [2.24, 2.45) is 0 Å². The number of ether oxygens (including phenoxy) is 1. The number of nitrogens with two attached hydrogens (primary N) is 1. The Kier molecular flexibility index (Phi) is 3.84. The maximum absolute atomic E-state index is 5.72. The van der Waals surface area contributed by atoms with Gasteiger partial charge in [0.2, 0.25) is 0 Å². The third-order valence-electron chi connectivity index (χ3n) is 2.35. The van der Waals surface area contributed by atoms with Crippen LogP contribution in [-0.4, -0.2) is 4.98 Å². The fraction of sp³-hybridized carbons (Fsp3) is 0. The second-order valence-electron chi connectivity index (χ2n) is 3.60. The second kappa shape index (κ2) is 5.37. The number of hydrogen-bond donors (Lipinski definition) is 1. The molecule has 0 aliphatic carbocycles. The predicted molar refractivity (Wildman–Crippen MR) is 80.9 cm³/mol. The second-order valence-corrected chi connectivity index (χ2v) is 4.66. The Morgan fingerprint density at radius 1 is 1.00 bits per heavy atom. The van der Waals surface area contributed by atoms with Crippen molar-refractivity contribution >= 4 is 43.7 Å². The van der Waals surface area contributed by atoms with E-state index in [1.54, 1.807) is 0 Å². The Bertz CT molecular complexity index is 654.